The van der Waals surface area contributed by atoms with Crippen LogP contribution in [-0.2, 0) is 0 Å². The van der Waals surface area contributed by atoms with Crippen LogP contribution < -0.4 is 0 Å². The lowest BCUT2D eigenvalue weighted by molar-refractivity contribution is 1.29. The van der Waals surface area contributed by atoms with Crippen LogP contribution in [0.15, 0.2) is 176 Å². The van der Waals surface area contributed by atoms with Gasteiger partial charge in [0, 0.05) is 50.5 Å². The van der Waals surface area contributed by atoms with Crippen LogP contribution in [0.25, 0.3) is 110 Å². The molecule has 0 aliphatic heterocycles. The second-order valence-corrected chi connectivity index (χ2v) is 13.8. The van der Waals surface area contributed by atoms with Crippen molar-refractivity contribution in [2.45, 2.75) is 0 Å². The van der Waals surface area contributed by atoms with Gasteiger partial charge in [0.2, 0.25) is 0 Å². The Labute approximate surface area is 310 Å². The van der Waals surface area contributed by atoms with E-state index < -0.39 is 0 Å². The van der Waals surface area contributed by atoms with Crippen molar-refractivity contribution in [3.05, 3.63) is 176 Å². The fourth-order valence-electron chi connectivity index (χ4n) is 7.59. The number of rotatable bonds is 4. The van der Waals surface area contributed by atoms with E-state index in [0.29, 0.717) is 0 Å². The summed E-state index contributed by atoms with van der Waals surface area (Å²) in [6.07, 6.45) is 3.75. The number of pyridine rings is 5. The second-order valence-electron chi connectivity index (χ2n) is 13.8. The number of hydrogen-bond acceptors (Lipinski definition) is 5. The first-order valence-electron chi connectivity index (χ1n) is 18.0. The highest BCUT2D eigenvalue weighted by Gasteiger charge is 2.11. The van der Waals surface area contributed by atoms with Gasteiger partial charge in [-0.1, -0.05) is 97.1 Å². The van der Waals surface area contributed by atoms with E-state index in [-0.39, 0.29) is 0 Å². The summed E-state index contributed by atoms with van der Waals surface area (Å²) < 4.78 is 0. The Morgan fingerprint density at radius 1 is 0.278 bits per heavy atom. The molecule has 0 atom stereocenters. The average Bonchev–Trinajstić information content (AvgIpc) is 3.25. The number of aromatic nitrogens is 5. The molecule has 5 heteroatoms. The van der Waals surface area contributed by atoms with Crippen LogP contribution in [0.4, 0.5) is 0 Å². The lowest BCUT2D eigenvalue weighted by Crippen LogP contribution is -1.90. The zero-order valence-electron chi connectivity index (χ0n) is 29.0. The van der Waals surface area contributed by atoms with E-state index in [0.717, 1.165) is 110 Å². The van der Waals surface area contributed by atoms with E-state index >= 15 is 0 Å². The highest BCUT2D eigenvalue weighted by atomic mass is 14.8. The minimum atomic E-state index is 0.870. The fourth-order valence-corrected chi connectivity index (χ4v) is 7.59. The molecule has 11 aromatic rings. The van der Waals surface area contributed by atoms with Crippen LogP contribution in [-0.4, -0.2) is 24.9 Å². The van der Waals surface area contributed by atoms with Crippen LogP contribution in [0.2, 0.25) is 0 Å². The third-order valence-corrected chi connectivity index (χ3v) is 10.5. The molecule has 0 spiro atoms. The summed E-state index contributed by atoms with van der Waals surface area (Å²) in [5.41, 5.74) is 11.8. The Balaban J connectivity index is 0.867. The molecule has 6 aromatic carbocycles. The summed E-state index contributed by atoms with van der Waals surface area (Å²) in [5, 5.41) is 8.98. The molecule has 54 heavy (non-hydrogen) atoms. The summed E-state index contributed by atoms with van der Waals surface area (Å²) >= 11 is 0. The monoisotopic (exact) mass is 687 g/mol. The SMILES string of the molecule is c1ccc2cc(-c3ccc4cc(-c5ccc6nc(-c7ccc8cc(-c9ccc%10ccc%11cccnc%11c%10n9)ccc8c7)ccc6c5)ccc4n3)ncc2c1. The van der Waals surface area contributed by atoms with E-state index in [2.05, 4.69) is 156 Å². The molecule has 11 rings (SSSR count). The Hall–Kier alpha value is -7.37. The van der Waals surface area contributed by atoms with Gasteiger partial charge in [0.1, 0.15) is 0 Å². The molecule has 0 bridgehead atoms. The third kappa shape index (κ3) is 5.22. The lowest BCUT2D eigenvalue weighted by atomic mass is 9.99. The van der Waals surface area contributed by atoms with Crippen molar-refractivity contribution in [2.75, 3.05) is 0 Å². The molecule has 0 fully saturated rings. The highest BCUT2D eigenvalue weighted by Crippen LogP contribution is 2.33. The van der Waals surface area contributed by atoms with Gasteiger partial charge in [-0.15, -0.1) is 0 Å². The summed E-state index contributed by atoms with van der Waals surface area (Å²) in [7, 11) is 0. The normalized spacial score (nSPS) is 11.7. The molecule has 0 amide bonds. The molecular weight excluding hydrogens is 659 g/mol. The summed E-state index contributed by atoms with van der Waals surface area (Å²) in [5.74, 6) is 0. The van der Waals surface area contributed by atoms with Gasteiger partial charge in [-0.05, 0) is 94.0 Å². The predicted octanol–water partition coefficient (Wildman–Crippen LogP) is 12.2. The van der Waals surface area contributed by atoms with Gasteiger partial charge >= 0.3 is 0 Å². The molecule has 0 saturated carbocycles. The van der Waals surface area contributed by atoms with Crippen LogP contribution in [0, 0.1) is 0 Å². The standard InChI is InChI=1S/C49H29N5/c1-2-5-41-29-51-47(28-32(41)4-1)46-22-17-40-27-36(15-20-44(40)53-46)35-14-19-42-39(26-35)16-21-43(52-42)37-11-9-34-25-38(12-10-33(34)24-37)45-18-13-31-8-7-30-6-3-23-50-48(30)49(31)54-45/h1-29H. The van der Waals surface area contributed by atoms with Crippen molar-refractivity contribution in [3.8, 4) is 45.0 Å². The highest BCUT2D eigenvalue weighted by molar-refractivity contribution is 6.03. The second kappa shape index (κ2) is 12.1. The summed E-state index contributed by atoms with van der Waals surface area (Å²) in [6.45, 7) is 0. The number of fused-ring (bicyclic) bond motifs is 7. The Morgan fingerprint density at radius 2 is 0.778 bits per heavy atom. The molecule has 0 radical (unpaired) electrons. The largest absolute Gasteiger partial charge is 0.254 e. The molecule has 0 aliphatic carbocycles. The van der Waals surface area contributed by atoms with Crippen LogP contribution in [0.1, 0.15) is 0 Å². The number of benzene rings is 6. The van der Waals surface area contributed by atoms with Crippen LogP contribution in [0.5, 0.6) is 0 Å². The van der Waals surface area contributed by atoms with Crippen molar-refractivity contribution in [2.24, 2.45) is 0 Å². The molecule has 5 nitrogen and oxygen atoms in total. The van der Waals surface area contributed by atoms with E-state index in [1.807, 2.05) is 30.6 Å². The maximum atomic E-state index is 5.08. The van der Waals surface area contributed by atoms with Crippen LogP contribution >= 0.6 is 0 Å². The van der Waals surface area contributed by atoms with Crippen molar-refractivity contribution in [1.82, 2.24) is 24.9 Å². The van der Waals surface area contributed by atoms with Gasteiger partial charge < -0.3 is 0 Å². The molecule has 0 N–H and O–H groups in total. The lowest BCUT2D eigenvalue weighted by Gasteiger charge is -2.10. The minimum Gasteiger partial charge on any atom is -0.254 e. The summed E-state index contributed by atoms with van der Waals surface area (Å²) in [6, 6.07) is 57.4. The van der Waals surface area contributed by atoms with Gasteiger partial charge in [-0.3, -0.25) is 9.97 Å². The molecule has 0 saturated heterocycles. The Bertz CT molecular complexity index is 3300. The van der Waals surface area contributed by atoms with Crippen LogP contribution in [0.3, 0.4) is 0 Å². The first-order valence-corrected chi connectivity index (χ1v) is 18.0. The van der Waals surface area contributed by atoms with Crippen molar-refractivity contribution in [3.63, 3.8) is 0 Å². The van der Waals surface area contributed by atoms with Crippen molar-refractivity contribution >= 4 is 65.2 Å². The quantitative estimate of drug-likeness (QED) is 0.172. The van der Waals surface area contributed by atoms with Crippen molar-refractivity contribution in [1.29, 1.82) is 0 Å². The first kappa shape index (κ1) is 30.3. The molecule has 5 aromatic heterocycles. The fraction of sp³-hybridized carbons (Fsp3) is 0. The maximum Gasteiger partial charge on any atom is 0.0972 e. The molecule has 5 heterocycles. The van der Waals surface area contributed by atoms with Gasteiger partial charge in [-0.25, -0.2) is 15.0 Å². The van der Waals surface area contributed by atoms with Gasteiger partial charge in [-0.2, -0.15) is 0 Å². The molecule has 0 aliphatic rings. The van der Waals surface area contributed by atoms with Gasteiger partial charge in [0.05, 0.1) is 44.8 Å². The average molecular weight is 688 g/mol. The van der Waals surface area contributed by atoms with Gasteiger partial charge in [0.25, 0.3) is 0 Å². The van der Waals surface area contributed by atoms with Gasteiger partial charge in [0.15, 0.2) is 0 Å². The zero-order valence-corrected chi connectivity index (χ0v) is 29.0. The third-order valence-electron chi connectivity index (χ3n) is 10.5. The minimum absolute atomic E-state index is 0.870. The number of hydrogen-bond donors (Lipinski definition) is 0. The van der Waals surface area contributed by atoms with E-state index in [4.69, 9.17) is 15.0 Å². The van der Waals surface area contributed by atoms with E-state index in [1.54, 1.807) is 0 Å². The Morgan fingerprint density at radius 3 is 1.50 bits per heavy atom. The summed E-state index contributed by atoms with van der Waals surface area (Å²) in [4.78, 5) is 24.4. The van der Waals surface area contributed by atoms with Crippen molar-refractivity contribution < 1.29 is 0 Å². The maximum absolute atomic E-state index is 5.08. The molecule has 250 valence electrons. The molecule has 0 unspecified atom stereocenters. The smallest absolute Gasteiger partial charge is 0.0972 e. The zero-order chi connectivity index (χ0) is 35.6. The van der Waals surface area contributed by atoms with E-state index in [9.17, 15) is 0 Å². The topological polar surface area (TPSA) is 64.5 Å². The Kier molecular flexibility index (Phi) is 6.79. The molecular formula is C49H29N5. The number of nitrogens with zero attached hydrogens (tertiary/aromatic N) is 5. The van der Waals surface area contributed by atoms with E-state index in [1.165, 1.54) is 0 Å². The first-order chi connectivity index (χ1) is 26.7. The predicted molar refractivity (Wildman–Crippen MR) is 222 cm³/mol.